The molecule has 2 rings (SSSR count). The van der Waals surface area contributed by atoms with Gasteiger partial charge in [-0.15, -0.1) is 0 Å². The fourth-order valence-corrected chi connectivity index (χ4v) is 1.91. The number of anilines is 1. The highest BCUT2D eigenvalue weighted by atomic mass is 35.5. The fourth-order valence-electron chi connectivity index (χ4n) is 1.74. The standard InChI is InChI=1S/C15H12ClF3N2O2/c16-11-2-1-3-12(13(11)17)21-15(22)20-8-9-4-6-10(7-5-9)23-14(18)19/h1-7,14H,8H2,(H2,20,21,22). The largest absolute Gasteiger partial charge is 0.435 e. The average molecular weight is 345 g/mol. The lowest BCUT2D eigenvalue weighted by atomic mass is 10.2. The van der Waals surface area contributed by atoms with Crippen LogP contribution in [-0.2, 0) is 6.54 Å². The summed E-state index contributed by atoms with van der Waals surface area (Å²) in [5.41, 5.74) is 0.615. The second kappa shape index (κ2) is 7.73. The number of alkyl halides is 2. The van der Waals surface area contributed by atoms with E-state index < -0.39 is 18.5 Å². The minimum absolute atomic E-state index is 0.0224. The second-order valence-corrected chi connectivity index (χ2v) is 4.84. The average Bonchev–Trinajstić information content (AvgIpc) is 2.51. The molecule has 0 saturated carbocycles. The Balaban J connectivity index is 1.88. The minimum atomic E-state index is -2.89. The Labute approximate surface area is 135 Å². The Morgan fingerprint density at radius 1 is 1.17 bits per heavy atom. The molecule has 4 nitrogen and oxygen atoms in total. The predicted octanol–water partition coefficient (Wildman–Crippen LogP) is 4.40. The van der Waals surface area contributed by atoms with Gasteiger partial charge in [-0.05, 0) is 29.8 Å². The van der Waals surface area contributed by atoms with Gasteiger partial charge in [0.15, 0.2) is 5.82 Å². The summed E-state index contributed by atoms with van der Waals surface area (Å²) < 4.78 is 41.9. The SMILES string of the molecule is O=C(NCc1ccc(OC(F)F)cc1)Nc1cccc(Cl)c1F. The molecule has 0 fully saturated rings. The summed E-state index contributed by atoms with van der Waals surface area (Å²) in [7, 11) is 0. The molecule has 2 aromatic rings. The number of carbonyl (C=O) groups is 1. The normalized spacial score (nSPS) is 10.5. The predicted molar refractivity (Wildman–Crippen MR) is 80.3 cm³/mol. The molecule has 0 saturated heterocycles. The summed E-state index contributed by atoms with van der Waals surface area (Å²) in [6, 6.07) is 9.38. The molecule has 0 radical (unpaired) electrons. The number of hydrogen-bond acceptors (Lipinski definition) is 2. The zero-order chi connectivity index (χ0) is 16.8. The molecule has 0 aliphatic heterocycles. The van der Waals surface area contributed by atoms with Gasteiger partial charge < -0.3 is 15.4 Å². The van der Waals surface area contributed by atoms with Crippen molar-refractivity contribution in [2.24, 2.45) is 0 Å². The van der Waals surface area contributed by atoms with Crippen LogP contribution in [0.1, 0.15) is 5.56 Å². The third kappa shape index (κ3) is 5.07. The molecule has 122 valence electrons. The lowest BCUT2D eigenvalue weighted by molar-refractivity contribution is -0.0498. The van der Waals surface area contributed by atoms with Crippen molar-refractivity contribution < 1.29 is 22.7 Å². The number of hydrogen-bond donors (Lipinski definition) is 2. The molecule has 8 heteroatoms. The van der Waals surface area contributed by atoms with Crippen molar-refractivity contribution in [3.05, 3.63) is 58.9 Å². The molecular formula is C15H12ClF3N2O2. The van der Waals surface area contributed by atoms with Gasteiger partial charge in [-0.2, -0.15) is 8.78 Å². The highest BCUT2D eigenvalue weighted by Crippen LogP contribution is 2.21. The van der Waals surface area contributed by atoms with Gasteiger partial charge in [-0.3, -0.25) is 0 Å². The van der Waals surface area contributed by atoms with Gasteiger partial charge in [0.1, 0.15) is 5.75 Å². The monoisotopic (exact) mass is 344 g/mol. The molecule has 0 aromatic heterocycles. The van der Waals surface area contributed by atoms with E-state index in [1.807, 2.05) is 0 Å². The van der Waals surface area contributed by atoms with E-state index in [0.717, 1.165) is 0 Å². The smallest absolute Gasteiger partial charge is 0.387 e. The highest BCUT2D eigenvalue weighted by molar-refractivity contribution is 6.31. The van der Waals surface area contributed by atoms with E-state index in [9.17, 15) is 18.0 Å². The van der Waals surface area contributed by atoms with Crippen molar-refractivity contribution >= 4 is 23.3 Å². The fraction of sp³-hybridized carbons (Fsp3) is 0.133. The first kappa shape index (κ1) is 17.0. The van der Waals surface area contributed by atoms with Gasteiger partial charge in [0.25, 0.3) is 0 Å². The number of halogens is 4. The summed E-state index contributed by atoms with van der Waals surface area (Å²) >= 11 is 5.61. The van der Waals surface area contributed by atoms with Crippen LogP contribution in [0.15, 0.2) is 42.5 Å². The van der Waals surface area contributed by atoms with Gasteiger partial charge in [0.2, 0.25) is 0 Å². The van der Waals surface area contributed by atoms with E-state index in [2.05, 4.69) is 15.4 Å². The van der Waals surface area contributed by atoms with E-state index in [-0.39, 0.29) is 23.0 Å². The van der Waals surface area contributed by atoms with Crippen molar-refractivity contribution in [3.63, 3.8) is 0 Å². The van der Waals surface area contributed by atoms with Gasteiger partial charge in [0, 0.05) is 6.54 Å². The topological polar surface area (TPSA) is 50.4 Å². The molecule has 0 unspecified atom stereocenters. The van der Waals surface area contributed by atoms with Crippen LogP contribution in [0.3, 0.4) is 0 Å². The van der Waals surface area contributed by atoms with Gasteiger partial charge in [0.05, 0.1) is 10.7 Å². The maximum atomic E-state index is 13.6. The molecule has 0 atom stereocenters. The number of amides is 2. The highest BCUT2D eigenvalue weighted by Gasteiger charge is 2.09. The van der Waals surface area contributed by atoms with E-state index in [4.69, 9.17) is 11.6 Å². The maximum Gasteiger partial charge on any atom is 0.387 e. The Bertz CT molecular complexity index is 681. The van der Waals surface area contributed by atoms with Crippen LogP contribution in [-0.4, -0.2) is 12.6 Å². The molecule has 0 aliphatic carbocycles. The third-order valence-electron chi connectivity index (χ3n) is 2.80. The van der Waals surface area contributed by atoms with E-state index in [1.54, 1.807) is 0 Å². The third-order valence-corrected chi connectivity index (χ3v) is 3.09. The van der Waals surface area contributed by atoms with Crippen LogP contribution < -0.4 is 15.4 Å². The van der Waals surface area contributed by atoms with Gasteiger partial charge >= 0.3 is 12.6 Å². The van der Waals surface area contributed by atoms with Crippen molar-refractivity contribution in [3.8, 4) is 5.75 Å². The van der Waals surface area contributed by atoms with Crippen LogP contribution >= 0.6 is 11.6 Å². The zero-order valence-corrected chi connectivity index (χ0v) is 12.4. The summed E-state index contributed by atoms with van der Waals surface area (Å²) in [6.45, 7) is -2.76. The molecule has 0 spiro atoms. The summed E-state index contributed by atoms with van der Waals surface area (Å²) in [5, 5.41) is 4.73. The van der Waals surface area contributed by atoms with Crippen molar-refractivity contribution in [1.82, 2.24) is 5.32 Å². The molecule has 2 aromatic carbocycles. The van der Waals surface area contributed by atoms with Crippen LogP contribution in [0, 0.1) is 5.82 Å². The number of carbonyl (C=O) groups excluding carboxylic acids is 1. The lowest BCUT2D eigenvalue weighted by Crippen LogP contribution is -2.28. The number of urea groups is 1. The van der Waals surface area contributed by atoms with Gasteiger partial charge in [-0.1, -0.05) is 29.8 Å². The Kier molecular flexibility index (Phi) is 5.70. The molecule has 0 aliphatic rings. The van der Waals surface area contributed by atoms with Crippen molar-refractivity contribution in [2.75, 3.05) is 5.32 Å². The van der Waals surface area contributed by atoms with Gasteiger partial charge in [-0.25, -0.2) is 9.18 Å². The molecule has 0 heterocycles. The Morgan fingerprint density at radius 2 is 1.87 bits per heavy atom. The van der Waals surface area contributed by atoms with Crippen molar-refractivity contribution in [2.45, 2.75) is 13.2 Å². The van der Waals surface area contributed by atoms with E-state index >= 15 is 0 Å². The second-order valence-electron chi connectivity index (χ2n) is 4.43. The number of ether oxygens (including phenoxy) is 1. The first-order valence-corrected chi connectivity index (χ1v) is 6.86. The number of nitrogens with one attached hydrogen (secondary N) is 2. The first-order valence-electron chi connectivity index (χ1n) is 6.48. The Morgan fingerprint density at radius 3 is 2.52 bits per heavy atom. The molecule has 0 bridgehead atoms. The zero-order valence-electron chi connectivity index (χ0n) is 11.7. The van der Waals surface area contributed by atoms with E-state index in [0.29, 0.717) is 5.56 Å². The van der Waals surface area contributed by atoms with E-state index in [1.165, 1.54) is 42.5 Å². The minimum Gasteiger partial charge on any atom is -0.435 e. The van der Waals surface area contributed by atoms with Crippen LogP contribution in [0.5, 0.6) is 5.75 Å². The quantitative estimate of drug-likeness (QED) is 0.844. The summed E-state index contributed by atoms with van der Waals surface area (Å²) in [4.78, 5) is 11.7. The van der Waals surface area contributed by atoms with Crippen LogP contribution in [0.2, 0.25) is 5.02 Å². The number of benzene rings is 2. The maximum absolute atomic E-state index is 13.6. The van der Waals surface area contributed by atoms with Crippen LogP contribution in [0.4, 0.5) is 23.7 Å². The molecule has 23 heavy (non-hydrogen) atoms. The number of rotatable bonds is 5. The summed E-state index contributed by atoms with van der Waals surface area (Å²) in [5.74, 6) is -0.702. The lowest BCUT2D eigenvalue weighted by Gasteiger charge is -2.10. The molecule has 2 amide bonds. The Hall–Kier alpha value is -2.41. The van der Waals surface area contributed by atoms with Crippen molar-refractivity contribution in [1.29, 1.82) is 0 Å². The summed E-state index contributed by atoms with van der Waals surface area (Å²) in [6.07, 6.45) is 0. The molecular weight excluding hydrogens is 333 g/mol. The molecule has 2 N–H and O–H groups in total. The first-order chi connectivity index (χ1) is 11.0. The van der Waals surface area contributed by atoms with Crippen LogP contribution in [0.25, 0.3) is 0 Å².